The van der Waals surface area contributed by atoms with Crippen LogP contribution in [-0.4, -0.2) is 27.4 Å². The molecule has 1 aromatic heterocycles. The molecule has 0 unspecified atom stereocenters. The molecule has 1 saturated heterocycles. The zero-order chi connectivity index (χ0) is 20.4. The van der Waals surface area contributed by atoms with Gasteiger partial charge in [-0.3, -0.25) is 0 Å². The average molecular weight is 392 g/mol. The van der Waals surface area contributed by atoms with Gasteiger partial charge in [0.05, 0.1) is 17.9 Å². The Morgan fingerprint density at radius 3 is 2.72 bits per heavy atom. The molecule has 0 radical (unpaired) electrons. The van der Waals surface area contributed by atoms with Gasteiger partial charge in [0.1, 0.15) is 11.6 Å². The Hall–Kier alpha value is -3.15. The van der Waals surface area contributed by atoms with Gasteiger partial charge >= 0.3 is 6.03 Å². The van der Waals surface area contributed by atoms with E-state index in [-0.39, 0.29) is 17.9 Å². The van der Waals surface area contributed by atoms with Gasteiger partial charge in [0.2, 0.25) is 0 Å². The zero-order valence-corrected chi connectivity index (χ0v) is 16.7. The van der Waals surface area contributed by atoms with Crippen LogP contribution in [0.3, 0.4) is 0 Å². The van der Waals surface area contributed by atoms with Crippen LogP contribution in [0.25, 0.3) is 11.3 Å². The Balaban J connectivity index is 1.55. The van der Waals surface area contributed by atoms with E-state index in [0.717, 1.165) is 53.2 Å². The van der Waals surface area contributed by atoms with Crippen molar-refractivity contribution in [1.82, 2.24) is 14.9 Å². The summed E-state index contributed by atoms with van der Waals surface area (Å²) in [5, 5.41) is 3.03. The van der Waals surface area contributed by atoms with Gasteiger partial charge in [-0.1, -0.05) is 18.2 Å². The summed E-state index contributed by atoms with van der Waals surface area (Å²) < 4.78 is 13.6. The van der Waals surface area contributed by atoms with Gasteiger partial charge in [0.25, 0.3) is 0 Å². The third-order valence-electron chi connectivity index (χ3n) is 5.28. The first kappa shape index (κ1) is 19.2. The molecule has 2 aromatic carbocycles. The number of aryl methyl sites for hydroxylation is 2. The minimum atomic E-state index is -0.286. The smallest absolute Gasteiger partial charge is 0.322 e. The van der Waals surface area contributed by atoms with Crippen LogP contribution in [0, 0.1) is 19.7 Å². The van der Waals surface area contributed by atoms with Gasteiger partial charge < -0.3 is 15.2 Å². The zero-order valence-electron chi connectivity index (χ0n) is 16.7. The first-order valence-corrected chi connectivity index (χ1v) is 9.96. The van der Waals surface area contributed by atoms with Crippen molar-refractivity contribution >= 4 is 11.7 Å². The highest BCUT2D eigenvalue weighted by atomic mass is 19.1. The van der Waals surface area contributed by atoms with E-state index < -0.39 is 0 Å². The number of benzene rings is 2. The number of hydrogen-bond acceptors (Lipinski definition) is 2. The quantitative estimate of drug-likeness (QED) is 0.610. The van der Waals surface area contributed by atoms with Crippen molar-refractivity contribution in [2.45, 2.75) is 39.2 Å². The fourth-order valence-electron chi connectivity index (χ4n) is 4.01. The molecule has 0 bridgehead atoms. The molecule has 5 nitrogen and oxygen atoms in total. The monoisotopic (exact) mass is 392 g/mol. The molecule has 0 spiro atoms. The van der Waals surface area contributed by atoms with Gasteiger partial charge in [0.15, 0.2) is 0 Å². The van der Waals surface area contributed by atoms with Crippen molar-refractivity contribution in [1.29, 1.82) is 0 Å². The number of piperidine rings is 1. The van der Waals surface area contributed by atoms with Gasteiger partial charge in [-0.25, -0.2) is 14.2 Å². The van der Waals surface area contributed by atoms with Crippen molar-refractivity contribution in [2.24, 2.45) is 0 Å². The second kappa shape index (κ2) is 8.07. The Morgan fingerprint density at radius 1 is 1.17 bits per heavy atom. The van der Waals surface area contributed by atoms with Gasteiger partial charge in [-0.05, 0) is 68.5 Å². The third kappa shape index (κ3) is 4.31. The second-order valence-corrected chi connectivity index (χ2v) is 7.70. The summed E-state index contributed by atoms with van der Waals surface area (Å²) in [6, 6.07) is 12.2. The van der Waals surface area contributed by atoms with Crippen LogP contribution in [0.1, 0.15) is 42.3 Å². The van der Waals surface area contributed by atoms with E-state index in [2.05, 4.69) is 21.4 Å². The van der Waals surface area contributed by atoms with Crippen molar-refractivity contribution in [3.05, 3.63) is 71.4 Å². The number of nitrogens with one attached hydrogen (secondary N) is 2. The molecule has 6 heteroatoms. The van der Waals surface area contributed by atoms with E-state index in [4.69, 9.17) is 0 Å². The van der Waals surface area contributed by atoms with Crippen molar-refractivity contribution in [2.75, 3.05) is 11.9 Å². The molecule has 0 saturated carbocycles. The highest BCUT2D eigenvalue weighted by Crippen LogP contribution is 2.31. The molecular weight excluding hydrogens is 367 g/mol. The van der Waals surface area contributed by atoms with E-state index in [9.17, 15) is 9.18 Å². The Kier molecular flexibility index (Phi) is 5.34. The van der Waals surface area contributed by atoms with E-state index in [1.807, 2.05) is 36.9 Å². The summed E-state index contributed by atoms with van der Waals surface area (Å²) in [6.45, 7) is 4.71. The summed E-state index contributed by atoms with van der Waals surface area (Å²) in [5.41, 5.74) is 4.52. The lowest BCUT2D eigenvalue weighted by Crippen LogP contribution is -2.41. The maximum absolute atomic E-state index is 13.6. The number of halogens is 1. The van der Waals surface area contributed by atoms with Crippen LogP contribution in [0.5, 0.6) is 0 Å². The largest absolute Gasteiger partial charge is 0.340 e. The Labute approximate surface area is 170 Å². The molecule has 1 aliphatic heterocycles. The lowest BCUT2D eigenvalue weighted by atomic mass is 10.0. The number of imidazole rings is 1. The summed E-state index contributed by atoms with van der Waals surface area (Å²) in [4.78, 5) is 22.7. The number of hydrogen-bond donors (Lipinski definition) is 2. The van der Waals surface area contributed by atoms with Crippen LogP contribution in [-0.2, 0) is 0 Å². The van der Waals surface area contributed by atoms with Crippen LogP contribution in [0.4, 0.5) is 14.9 Å². The van der Waals surface area contributed by atoms with Crippen molar-refractivity contribution in [3.63, 3.8) is 0 Å². The molecule has 1 fully saturated rings. The highest BCUT2D eigenvalue weighted by Gasteiger charge is 2.30. The fourth-order valence-corrected chi connectivity index (χ4v) is 4.01. The van der Waals surface area contributed by atoms with E-state index >= 15 is 0 Å². The molecule has 3 aromatic rings. The molecule has 150 valence electrons. The Bertz CT molecular complexity index is 1010. The van der Waals surface area contributed by atoms with Crippen LogP contribution >= 0.6 is 0 Å². The number of aromatic amines is 1. The minimum Gasteiger partial charge on any atom is -0.340 e. The standard InChI is InChI=1S/C23H25FN4O/c1-15-10-16(2)12-19(11-15)26-23(29)28-9-4-3-8-21(28)22-25-14-20(27-22)17-6-5-7-18(24)13-17/h5-7,10-14,21H,3-4,8-9H2,1-2H3,(H,25,27)(H,26,29)/t21-/m1/s1. The normalized spacial score (nSPS) is 16.7. The number of nitrogens with zero attached hydrogens (tertiary/aromatic N) is 2. The van der Waals surface area contributed by atoms with E-state index in [1.54, 1.807) is 12.3 Å². The van der Waals surface area contributed by atoms with Crippen molar-refractivity contribution in [3.8, 4) is 11.3 Å². The number of carbonyl (C=O) groups excluding carboxylic acids is 1. The number of aromatic nitrogens is 2. The number of likely N-dealkylation sites (tertiary alicyclic amines) is 1. The third-order valence-corrected chi connectivity index (χ3v) is 5.28. The maximum Gasteiger partial charge on any atom is 0.322 e. The molecule has 4 rings (SSSR count). The molecule has 2 heterocycles. The summed E-state index contributed by atoms with van der Waals surface area (Å²) in [7, 11) is 0. The fraction of sp³-hybridized carbons (Fsp3) is 0.304. The number of carbonyl (C=O) groups is 1. The number of anilines is 1. The molecular formula is C23H25FN4O. The number of H-pyrrole nitrogens is 1. The SMILES string of the molecule is Cc1cc(C)cc(NC(=O)N2CCCC[C@@H]2c2ncc(-c3cccc(F)c3)[nH]2)c1. The van der Waals surface area contributed by atoms with Gasteiger partial charge in [0, 0.05) is 17.8 Å². The first-order chi connectivity index (χ1) is 14.0. The average Bonchev–Trinajstić information content (AvgIpc) is 3.17. The molecule has 2 N–H and O–H groups in total. The lowest BCUT2D eigenvalue weighted by molar-refractivity contribution is 0.160. The summed E-state index contributed by atoms with van der Waals surface area (Å²) >= 11 is 0. The predicted octanol–water partition coefficient (Wildman–Crippen LogP) is 5.59. The van der Waals surface area contributed by atoms with Gasteiger partial charge in [-0.15, -0.1) is 0 Å². The number of urea groups is 1. The Morgan fingerprint density at radius 2 is 1.97 bits per heavy atom. The van der Waals surface area contributed by atoms with Gasteiger partial charge in [-0.2, -0.15) is 0 Å². The number of amides is 2. The number of rotatable bonds is 3. The topological polar surface area (TPSA) is 61.0 Å². The van der Waals surface area contributed by atoms with Crippen molar-refractivity contribution < 1.29 is 9.18 Å². The molecule has 29 heavy (non-hydrogen) atoms. The highest BCUT2D eigenvalue weighted by molar-refractivity contribution is 5.89. The maximum atomic E-state index is 13.6. The molecule has 1 atom stereocenters. The molecule has 1 aliphatic rings. The minimum absolute atomic E-state index is 0.122. The summed E-state index contributed by atoms with van der Waals surface area (Å²) in [5.74, 6) is 0.449. The first-order valence-electron chi connectivity index (χ1n) is 9.96. The van der Waals surface area contributed by atoms with E-state index in [1.165, 1.54) is 12.1 Å². The van der Waals surface area contributed by atoms with Crippen LogP contribution in [0.2, 0.25) is 0 Å². The lowest BCUT2D eigenvalue weighted by Gasteiger charge is -2.34. The summed E-state index contributed by atoms with van der Waals surface area (Å²) in [6.07, 6.45) is 4.55. The van der Waals surface area contributed by atoms with Crippen LogP contribution < -0.4 is 5.32 Å². The predicted molar refractivity (Wildman–Crippen MR) is 112 cm³/mol. The van der Waals surface area contributed by atoms with Crippen LogP contribution in [0.15, 0.2) is 48.7 Å². The second-order valence-electron chi connectivity index (χ2n) is 7.70. The molecule has 2 amide bonds. The molecule has 0 aliphatic carbocycles. The van der Waals surface area contributed by atoms with E-state index in [0.29, 0.717) is 6.54 Å².